The van der Waals surface area contributed by atoms with Gasteiger partial charge in [-0.1, -0.05) is 28.1 Å². The van der Waals surface area contributed by atoms with Crippen LogP contribution < -0.4 is 5.32 Å². The average Bonchev–Trinajstić information content (AvgIpc) is 3.33. The second kappa shape index (κ2) is 7.31. The predicted molar refractivity (Wildman–Crippen MR) is 104 cm³/mol. The van der Waals surface area contributed by atoms with Gasteiger partial charge in [-0.05, 0) is 53.7 Å². The van der Waals surface area contributed by atoms with Crippen LogP contribution >= 0.6 is 15.9 Å². The molecule has 0 saturated carbocycles. The summed E-state index contributed by atoms with van der Waals surface area (Å²) in [5.41, 5.74) is 2.33. The summed E-state index contributed by atoms with van der Waals surface area (Å²) in [5.74, 6) is -0.482. The number of amides is 1. The summed E-state index contributed by atoms with van der Waals surface area (Å²) >= 11 is 3.38. The number of rotatable bonds is 4. The molecule has 10 heteroatoms. The summed E-state index contributed by atoms with van der Waals surface area (Å²) in [5, 5.41) is 20.6. The number of hydrogen-bond acceptors (Lipinski definition) is 5. The number of carbonyl (C=O) groups is 1. The third kappa shape index (κ3) is 3.54. The molecule has 0 bridgehead atoms. The van der Waals surface area contributed by atoms with Gasteiger partial charge in [0.05, 0.1) is 5.69 Å². The third-order valence-electron chi connectivity index (χ3n) is 4.02. The molecule has 0 radical (unpaired) electrons. The van der Waals surface area contributed by atoms with Crippen molar-refractivity contribution < 1.29 is 9.18 Å². The maximum absolute atomic E-state index is 14.1. The van der Waals surface area contributed by atoms with Crippen molar-refractivity contribution in [2.24, 2.45) is 0 Å². The van der Waals surface area contributed by atoms with Crippen molar-refractivity contribution >= 4 is 27.5 Å². The minimum absolute atomic E-state index is 0.139. The zero-order valence-electron chi connectivity index (χ0n) is 14.5. The first-order valence-corrected chi connectivity index (χ1v) is 8.98. The zero-order chi connectivity index (χ0) is 19.7. The largest absolute Gasteiger partial charge is 0.321 e. The van der Waals surface area contributed by atoms with Crippen molar-refractivity contribution in [1.82, 2.24) is 30.4 Å². The Bertz CT molecular complexity index is 1150. The van der Waals surface area contributed by atoms with Crippen molar-refractivity contribution in [1.29, 1.82) is 0 Å². The molecule has 0 spiro atoms. The van der Waals surface area contributed by atoms with Gasteiger partial charge in [0.15, 0.2) is 5.82 Å². The molecule has 0 aliphatic heterocycles. The van der Waals surface area contributed by atoms with Crippen LogP contribution in [0.15, 0.2) is 53.0 Å². The van der Waals surface area contributed by atoms with Gasteiger partial charge < -0.3 is 5.32 Å². The van der Waals surface area contributed by atoms with Gasteiger partial charge in [0.2, 0.25) is 0 Å². The molecule has 4 aromatic rings. The lowest BCUT2D eigenvalue weighted by Gasteiger charge is -2.08. The zero-order valence-corrected chi connectivity index (χ0v) is 16.1. The van der Waals surface area contributed by atoms with E-state index in [1.165, 1.54) is 22.9 Å². The van der Waals surface area contributed by atoms with Crippen LogP contribution in [0.2, 0.25) is 0 Å². The standard InChI is InChI=1S/C18H13BrFN7O/c1-10-22-25-26-27(10)17-8-13(6-7-14(17)20)21-18(28)16-9-15(23-24-16)11-2-4-12(19)5-3-11/h2-9H,1H3,(H,21,28)(H,23,24). The number of anilines is 1. The van der Waals surface area contributed by atoms with Gasteiger partial charge in [0.25, 0.3) is 5.91 Å². The fraction of sp³-hybridized carbons (Fsp3) is 0.0556. The second-order valence-corrected chi connectivity index (χ2v) is 6.85. The molecule has 4 rings (SSSR count). The highest BCUT2D eigenvalue weighted by Gasteiger charge is 2.14. The molecule has 2 aromatic carbocycles. The smallest absolute Gasteiger partial charge is 0.273 e. The Labute approximate surface area is 166 Å². The molecule has 8 nitrogen and oxygen atoms in total. The quantitative estimate of drug-likeness (QED) is 0.504. The molecule has 0 unspecified atom stereocenters. The summed E-state index contributed by atoms with van der Waals surface area (Å²) in [7, 11) is 0. The van der Waals surface area contributed by atoms with Crippen LogP contribution in [-0.4, -0.2) is 36.3 Å². The molecular formula is C18H13BrFN7O. The van der Waals surface area contributed by atoms with Crippen LogP contribution in [0.4, 0.5) is 10.1 Å². The van der Waals surface area contributed by atoms with E-state index in [2.05, 4.69) is 47.0 Å². The number of tetrazole rings is 1. The first-order valence-electron chi connectivity index (χ1n) is 8.19. The van der Waals surface area contributed by atoms with Crippen LogP contribution in [0.3, 0.4) is 0 Å². The molecule has 2 aromatic heterocycles. The van der Waals surface area contributed by atoms with Crippen LogP contribution in [0.5, 0.6) is 0 Å². The molecular weight excluding hydrogens is 429 g/mol. The van der Waals surface area contributed by atoms with E-state index in [0.717, 1.165) is 10.0 Å². The average molecular weight is 442 g/mol. The van der Waals surface area contributed by atoms with Gasteiger partial charge in [0, 0.05) is 15.7 Å². The van der Waals surface area contributed by atoms with Gasteiger partial charge in [-0.2, -0.15) is 9.78 Å². The monoisotopic (exact) mass is 441 g/mol. The maximum atomic E-state index is 14.1. The topological polar surface area (TPSA) is 101 Å². The number of nitrogens with one attached hydrogen (secondary N) is 2. The lowest BCUT2D eigenvalue weighted by molar-refractivity contribution is 0.102. The van der Waals surface area contributed by atoms with Gasteiger partial charge in [0.1, 0.15) is 17.2 Å². The molecule has 28 heavy (non-hydrogen) atoms. The summed E-state index contributed by atoms with van der Waals surface area (Å²) in [4.78, 5) is 12.5. The normalized spacial score (nSPS) is 10.8. The molecule has 0 aliphatic rings. The van der Waals surface area contributed by atoms with Crippen molar-refractivity contribution in [2.45, 2.75) is 6.92 Å². The fourth-order valence-corrected chi connectivity index (χ4v) is 2.88. The molecule has 2 heterocycles. The number of carbonyl (C=O) groups excluding carboxylic acids is 1. The van der Waals surface area contributed by atoms with Gasteiger partial charge in [-0.15, -0.1) is 5.10 Å². The first-order chi connectivity index (χ1) is 13.5. The Kier molecular flexibility index (Phi) is 4.70. The van der Waals surface area contributed by atoms with E-state index < -0.39 is 11.7 Å². The molecule has 140 valence electrons. The van der Waals surface area contributed by atoms with Crippen LogP contribution in [-0.2, 0) is 0 Å². The number of aromatic nitrogens is 6. The van der Waals surface area contributed by atoms with E-state index in [4.69, 9.17) is 0 Å². The van der Waals surface area contributed by atoms with Crippen LogP contribution in [0.25, 0.3) is 16.9 Å². The summed E-state index contributed by atoms with van der Waals surface area (Å²) in [6, 6.07) is 13.4. The minimum atomic E-state index is -0.507. The van der Waals surface area contributed by atoms with E-state index in [0.29, 0.717) is 17.2 Å². The molecule has 0 aliphatic carbocycles. The minimum Gasteiger partial charge on any atom is -0.321 e. The number of aryl methyl sites for hydroxylation is 1. The lowest BCUT2D eigenvalue weighted by atomic mass is 10.1. The summed E-state index contributed by atoms with van der Waals surface area (Å²) in [6.45, 7) is 1.65. The number of hydrogen-bond donors (Lipinski definition) is 2. The Morgan fingerprint density at radius 3 is 2.68 bits per heavy atom. The molecule has 2 N–H and O–H groups in total. The van der Waals surface area contributed by atoms with Gasteiger partial charge >= 0.3 is 0 Å². The van der Waals surface area contributed by atoms with E-state index >= 15 is 0 Å². The van der Waals surface area contributed by atoms with Gasteiger partial charge in [-0.3, -0.25) is 9.89 Å². The summed E-state index contributed by atoms with van der Waals surface area (Å²) < 4.78 is 16.4. The highest BCUT2D eigenvalue weighted by atomic mass is 79.9. The number of benzene rings is 2. The Hall–Kier alpha value is -3.40. The SMILES string of the molecule is Cc1nnnn1-c1cc(NC(=O)c2cc(-c3ccc(Br)cc3)n[nH]2)ccc1F. The van der Waals surface area contributed by atoms with Crippen LogP contribution in [0.1, 0.15) is 16.3 Å². The Morgan fingerprint density at radius 2 is 1.96 bits per heavy atom. The first kappa shape index (κ1) is 18.0. The second-order valence-electron chi connectivity index (χ2n) is 5.93. The van der Waals surface area contributed by atoms with Crippen LogP contribution in [0, 0.1) is 12.7 Å². The van der Waals surface area contributed by atoms with E-state index in [-0.39, 0.29) is 11.4 Å². The Morgan fingerprint density at radius 1 is 1.18 bits per heavy atom. The number of H-pyrrole nitrogens is 1. The number of aromatic amines is 1. The molecule has 1 amide bonds. The highest BCUT2D eigenvalue weighted by Crippen LogP contribution is 2.22. The Balaban J connectivity index is 1.56. The number of nitrogens with zero attached hydrogens (tertiary/aromatic N) is 5. The van der Waals surface area contributed by atoms with Crippen molar-refractivity contribution in [3.8, 4) is 16.9 Å². The molecule has 0 atom stereocenters. The van der Waals surface area contributed by atoms with E-state index in [1.54, 1.807) is 13.0 Å². The van der Waals surface area contributed by atoms with E-state index in [9.17, 15) is 9.18 Å². The third-order valence-corrected chi connectivity index (χ3v) is 4.55. The van der Waals surface area contributed by atoms with Crippen molar-refractivity contribution in [3.05, 3.63) is 70.3 Å². The van der Waals surface area contributed by atoms with E-state index in [1.807, 2.05) is 24.3 Å². The molecule has 0 saturated heterocycles. The predicted octanol–water partition coefficient (Wildman–Crippen LogP) is 3.51. The van der Waals surface area contributed by atoms with Crippen molar-refractivity contribution in [3.63, 3.8) is 0 Å². The van der Waals surface area contributed by atoms with Crippen molar-refractivity contribution in [2.75, 3.05) is 5.32 Å². The van der Waals surface area contributed by atoms with Gasteiger partial charge in [-0.25, -0.2) is 4.39 Å². The summed E-state index contributed by atoms with van der Waals surface area (Å²) in [6.07, 6.45) is 0. The fourth-order valence-electron chi connectivity index (χ4n) is 2.61. The molecule has 0 fully saturated rings. The highest BCUT2D eigenvalue weighted by molar-refractivity contribution is 9.10. The lowest BCUT2D eigenvalue weighted by Crippen LogP contribution is -2.13. The maximum Gasteiger partial charge on any atom is 0.273 e. The number of halogens is 2.